The van der Waals surface area contributed by atoms with Crippen LogP contribution in [-0.4, -0.2) is 145 Å². The second-order valence-corrected chi connectivity index (χ2v) is 22.2. The van der Waals surface area contributed by atoms with Gasteiger partial charge in [0, 0.05) is 100 Å². The third-order valence-electron chi connectivity index (χ3n) is 13.9. The van der Waals surface area contributed by atoms with Crippen molar-refractivity contribution < 1.29 is 75.5 Å². The van der Waals surface area contributed by atoms with E-state index in [0.29, 0.717) is 36.1 Å². The van der Waals surface area contributed by atoms with Crippen molar-refractivity contribution in [1.29, 1.82) is 0 Å². The van der Waals surface area contributed by atoms with E-state index in [2.05, 4.69) is 10.6 Å². The van der Waals surface area contributed by atoms with Gasteiger partial charge in [-0.1, -0.05) is 45.4 Å². The molecular weight excluding hydrogens is 1080 g/mol. The first-order chi connectivity index (χ1) is 38.6. The number of aliphatic hydroxyl groups excluding tert-OH is 1. The number of nitrogens with zero attached hydrogens (tertiary/aromatic N) is 5. The Morgan fingerprint density at radius 2 is 1.65 bits per heavy atom. The van der Waals surface area contributed by atoms with Gasteiger partial charge in [0.05, 0.1) is 30.1 Å². The summed E-state index contributed by atoms with van der Waals surface area (Å²) in [5.41, 5.74) is -0.0130. The summed E-state index contributed by atoms with van der Waals surface area (Å²) in [5, 5.41) is 25.4. The Labute approximate surface area is 470 Å². The maximum absolute atomic E-state index is 16.4. The van der Waals surface area contributed by atoms with E-state index < -0.39 is 77.5 Å². The number of ether oxygens (including phenoxy) is 3. The minimum atomic E-state index is -1.63. The minimum Gasteiger partial charge on any atom is -0.479 e. The first kappa shape index (κ1) is 61.3. The Morgan fingerprint density at radius 3 is 2.37 bits per heavy atom. The van der Waals surface area contributed by atoms with Gasteiger partial charge in [-0.2, -0.15) is 11.8 Å². The van der Waals surface area contributed by atoms with Gasteiger partial charge in [0.15, 0.2) is 6.10 Å². The van der Waals surface area contributed by atoms with E-state index in [1.807, 2.05) is 27.0 Å². The molecule has 4 N–H and O–H groups in total. The van der Waals surface area contributed by atoms with Crippen molar-refractivity contribution >= 4 is 59.0 Å². The van der Waals surface area contributed by atoms with Gasteiger partial charge in [-0.25, -0.2) is 32.1 Å². The number of carboxylic acid groups (broad SMARTS) is 1. The molecule has 7 rings (SSSR count). The number of aromatic nitrogens is 2. The van der Waals surface area contributed by atoms with E-state index >= 15 is 8.78 Å². The molecule has 436 valence electrons. The first-order valence-corrected chi connectivity index (χ1v) is 28.0. The lowest BCUT2D eigenvalue weighted by atomic mass is 9.84. The summed E-state index contributed by atoms with van der Waals surface area (Å²) in [6, 6.07) is 12.2. The molecule has 6 amide bonds. The fraction of sp³-hybridized carbons (Fsp3) is 0.474. The van der Waals surface area contributed by atoms with Gasteiger partial charge in [-0.15, -0.1) is 0 Å². The standard InChI is InChI=1S/C57H67F4N7O12S/c1-57(2,3)53(54-64-44(40-25-38(59)13-14-41(40)60)32-65(54)28-34-9-8-10-37(58)23-34)68(51(74)19-22-81-4)30-36-29-66(31-42(36)61)56(77)78-33-35-12-15-45(79-52-27-39(69)26-46(80-52)55(75)76)43(24-35)63-48(71)18-20-62-47(70)11-6-5-7-21-67-49(72)16-17-50(67)73/h8-10,12-17,23-25,32,36,39,42,46,52-53,69H,5-7,11,18-22,26-31,33H2,1-4H3,(H,62,70)(H,63,71)(H,75,76). The number of likely N-dealkylation sites (tertiary alicyclic amines) is 1. The number of benzene rings is 3. The normalized spacial score (nSPS) is 19.4. The molecule has 19 nitrogen and oxygen atoms in total. The molecule has 2 saturated heterocycles. The van der Waals surface area contributed by atoms with E-state index in [0.717, 1.165) is 23.1 Å². The summed E-state index contributed by atoms with van der Waals surface area (Å²) < 4.78 is 79.8. The number of carboxylic acids is 1. The summed E-state index contributed by atoms with van der Waals surface area (Å²) in [6.07, 6.45) is 0.854. The number of halogens is 4. The largest absolute Gasteiger partial charge is 0.479 e. The second-order valence-electron chi connectivity index (χ2n) is 21.2. The zero-order valence-corrected chi connectivity index (χ0v) is 46.2. The molecule has 24 heteroatoms. The molecule has 0 spiro atoms. The van der Waals surface area contributed by atoms with Gasteiger partial charge < -0.3 is 49.4 Å². The SMILES string of the molecule is CSCCC(=O)N(CC1CN(C(=O)OCc2ccc(OC3CC(O)CC(C(=O)O)O3)c(NC(=O)CCNC(=O)CCCCCN3C(=O)C=CC3=O)c2)CC1F)C(c1nc(-c2cc(F)ccc2F)cn1Cc1cccc(F)c1)C(C)(C)C. The van der Waals surface area contributed by atoms with E-state index in [1.165, 1.54) is 76.3 Å². The molecule has 3 aliphatic rings. The van der Waals surface area contributed by atoms with Crippen LogP contribution in [0, 0.1) is 28.8 Å². The molecule has 3 aliphatic heterocycles. The van der Waals surface area contributed by atoms with Crippen LogP contribution >= 0.6 is 11.8 Å². The quantitative estimate of drug-likeness (QED) is 0.0285. The number of nitrogens with one attached hydrogen (secondary N) is 2. The molecule has 0 bridgehead atoms. The van der Waals surface area contributed by atoms with Crippen molar-refractivity contribution in [3.05, 3.63) is 113 Å². The molecule has 0 saturated carbocycles. The lowest BCUT2D eigenvalue weighted by molar-refractivity contribution is -0.195. The number of imidazole rings is 1. The highest BCUT2D eigenvalue weighted by Crippen LogP contribution is 2.41. The molecule has 0 radical (unpaired) electrons. The van der Waals surface area contributed by atoms with Crippen LogP contribution in [0.25, 0.3) is 11.3 Å². The number of imide groups is 1. The summed E-state index contributed by atoms with van der Waals surface area (Å²) in [7, 11) is 0. The number of unbranched alkanes of at least 4 members (excludes halogenated alkanes) is 2. The van der Waals surface area contributed by atoms with Crippen LogP contribution in [0.4, 0.5) is 28.0 Å². The molecule has 3 aromatic carbocycles. The number of thioether (sulfide) groups is 1. The highest BCUT2D eigenvalue weighted by atomic mass is 32.2. The highest BCUT2D eigenvalue weighted by molar-refractivity contribution is 7.98. The summed E-state index contributed by atoms with van der Waals surface area (Å²) >= 11 is 1.43. The average Bonchev–Trinajstić information content (AvgIpc) is 4.19. The van der Waals surface area contributed by atoms with Crippen LogP contribution in [0.15, 0.2) is 79.0 Å². The van der Waals surface area contributed by atoms with E-state index in [-0.39, 0.29) is 130 Å². The van der Waals surface area contributed by atoms with Crippen LogP contribution in [0.3, 0.4) is 0 Å². The lowest BCUT2D eigenvalue weighted by Crippen LogP contribution is -2.46. The minimum absolute atomic E-state index is 0.0143. The number of alkyl halides is 1. The van der Waals surface area contributed by atoms with Gasteiger partial charge in [0.25, 0.3) is 11.8 Å². The van der Waals surface area contributed by atoms with Gasteiger partial charge >= 0.3 is 12.1 Å². The van der Waals surface area contributed by atoms with Crippen molar-refractivity contribution in [3.8, 4) is 17.0 Å². The highest BCUT2D eigenvalue weighted by Gasteiger charge is 2.44. The van der Waals surface area contributed by atoms with Gasteiger partial charge in [-0.05, 0) is 78.1 Å². The van der Waals surface area contributed by atoms with E-state index in [4.69, 9.17) is 19.2 Å². The van der Waals surface area contributed by atoms with Crippen LogP contribution in [-0.2, 0) is 51.4 Å². The van der Waals surface area contributed by atoms with Crippen molar-refractivity contribution in [2.75, 3.05) is 50.0 Å². The molecular formula is C57H67F4N7O12S. The molecule has 4 heterocycles. The summed E-state index contributed by atoms with van der Waals surface area (Å²) in [4.78, 5) is 98.1. The number of aliphatic carboxylic acids is 1. The molecule has 0 aliphatic carbocycles. The van der Waals surface area contributed by atoms with Crippen LogP contribution in [0.2, 0.25) is 0 Å². The number of rotatable bonds is 25. The number of carbonyl (C=O) groups is 7. The van der Waals surface area contributed by atoms with Gasteiger partial charge in [0.1, 0.15) is 41.8 Å². The predicted octanol–water partition coefficient (Wildman–Crippen LogP) is 7.55. The number of amides is 6. The van der Waals surface area contributed by atoms with Gasteiger partial charge in [-0.3, -0.25) is 28.9 Å². The summed E-state index contributed by atoms with van der Waals surface area (Å²) in [5.74, 6) is -5.50. The molecule has 1 aromatic heterocycles. The zero-order chi connectivity index (χ0) is 58.5. The Hall–Kier alpha value is -7.31. The predicted molar refractivity (Wildman–Crippen MR) is 289 cm³/mol. The van der Waals surface area contributed by atoms with Crippen molar-refractivity contribution in [1.82, 2.24) is 29.6 Å². The smallest absolute Gasteiger partial charge is 0.410 e. The Kier molecular flexibility index (Phi) is 21.1. The van der Waals surface area contributed by atoms with E-state index in [9.17, 15) is 52.6 Å². The zero-order valence-electron chi connectivity index (χ0n) is 45.4. The van der Waals surface area contributed by atoms with E-state index in [1.54, 1.807) is 10.6 Å². The third kappa shape index (κ3) is 16.9. The molecule has 2 fully saturated rings. The third-order valence-corrected chi connectivity index (χ3v) is 14.5. The number of aliphatic hydroxyl groups is 1. The first-order valence-electron chi connectivity index (χ1n) is 26.6. The monoisotopic (exact) mass is 1150 g/mol. The number of hydrogen-bond donors (Lipinski definition) is 4. The summed E-state index contributed by atoms with van der Waals surface area (Å²) in [6.45, 7) is 4.67. The van der Waals surface area contributed by atoms with Crippen molar-refractivity contribution in [2.45, 2.75) is 116 Å². The lowest BCUT2D eigenvalue weighted by Gasteiger charge is -2.41. The fourth-order valence-corrected chi connectivity index (χ4v) is 10.2. The number of hydrogen-bond acceptors (Lipinski definition) is 13. The maximum atomic E-state index is 16.4. The Bertz CT molecular complexity index is 2960. The van der Waals surface area contributed by atoms with Gasteiger partial charge in [0.2, 0.25) is 24.0 Å². The maximum Gasteiger partial charge on any atom is 0.410 e. The molecule has 81 heavy (non-hydrogen) atoms. The average molecular weight is 1150 g/mol. The van der Waals surface area contributed by atoms with Crippen LogP contribution < -0.4 is 15.4 Å². The van der Waals surface area contributed by atoms with Crippen LogP contribution in [0.1, 0.15) is 95.1 Å². The Balaban J connectivity index is 1.03. The van der Waals surface area contributed by atoms with Crippen LogP contribution in [0.5, 0.6) is 5.75 Å². The fourth-order valence-electron chi connectivity index (χ4n) is 9.85. The number of anilines is 1. The number of carbonyl (C=O) groups excluding carboxylic acids is 6. The van der Waals surface area contributed by atoms with Crippen molar-refractivity contribution in [3.63, 3.8) is 0 Å². The molecule has 4 aromatic rings. The second kappa shape index (κ2) is 27.9. The molecule has 6 atom stereocenters. The topological polar surface area (TPSA) is 239 Å². The molecule has 6 unspecified atom stereocenters. The Morgan fingerprint density at radius 1 is 0.901 bits per heavy atom. The van der Waals surface area contributed by atoms with Crippen molar-refractivity contribution in [2.24, 2.45) is 11.3 Å².